The van der Waals surface area contributed by atoms with Crippen LogP contribution in [0.2, 0.25) is 0 Å². The first-order valence-corrected chi connectivity index (χ1v) is 6.26. The van der Waals surface area contributed by atoms with Gasteiger partial charge in [-0.15, -0.1) is 0 Å². The largest absolute Gasteiger partial charge is 0.295 e. The SMILES string of the molecule is CC(=O)c1ccc(Cc2ccccc2C(C)=O)cc1. The molecule has 0 heterocycles. The molecule has 0 aliphatic heterocycles. The summed E-state index contributed by atoms with van der Waals surface area (Å²) in [5.74, 6) is 0.145. The van der Waals surface area contributed by atoms with Crippen molar-refractivity contribution < 1.29 is 9.59 Å². The highest BCUT2D eigenvalue weighted by atomic mass is 16.1. The van der Waals surface area contributed by atoms with Crippen LogP contribution < -0.4 is 0 Å². The van der Waals surface area contributed by atoms with Crippen LogP contribution in [-0.2, 0) is 6.42 Å². The Morgan fingerprint density at radius 2 is 1.47 bits per heavy atom. The van der Waals surface area contributed by atoms with Crippen LogP contribution in [-0.4, -0.2) is 11.6 Å². The average Bonchev–Trinajstić information content (AvgIpc) is 2.39. The minimum Gasteiger partial charge on any atom is -0.295 e. The maximum Gasteiger partial charge on any atom is 0.160 e. The van der Waals surface area contributed by atoms with E-state index in [1.165, 1.54) is 0 Å². The van der Waals surface area contributed by atoms with Crippen molar-refractivity contribution in [1.82, 2.24) is 0 Å². The molecule has 0 aromatic heterocycles. The van der Waals surface area contributed by atoms with Crippen molar-refractivity contribution in [3.8, 4) is 0 Å². The van der Waals surface area contributed by atoms with Crippen LogP contribution in [0.4, 0.5) is 0 Å². The van der Waals surface area contributed by atoms with Gasteiger partial charge in [-0.05, 0) is 31.4 Å². The fraction of sp³-hybridized carbons (Fsp3) is 0.176. The highest BCUT2D eigenvalue weighted by molar-refractivity contribution is 5.95. The second-order valence-corrected chi connectivity index (χ2v) is 4.64. The average molecular weight is 252 g/mol. The molecule has 0 fully saturated rings. The molecule has 2 aromatic carbocycles. The second kappa shape index (κ2) is 5.61. The smallest absolute Gasteiger partial charge is 0.160 e. The zero-order chi connectivity index (χ0) is 13.8. The third-order valence-corrected chi connectivity index (χ3v) is 3.15. The molecule has 0 radical (unpaired) electrons. The van der Waals surface area contributed by atoms with Crippen LogP contribution in [0, 0.1) is 0 Å². The molecular weight excluding hydrogens is 236 g/mol. The summed E-state index contributed by atoms with van der Waals surface area (Å²) in [7, 11) is 0. The molecule has 0 amide bonds. The van der Waals surface area contributed by atoms with Crippen LogP contribution in [0.15, 0.2) is 48.5 Å². The first kappa shape index (κ1) is 13.2. The molecular formula is C17H16O2. The topological polar surface area (TPSA) is 34.1 Å². The Bertz CT molecular complexity index is 609. The molecule has 0 aliphatic carbocycles. The van der Waals surface area contributed by atoms with Gasteiger partial charge in [-0.2, -0.15) is 0 Å². The van der Waals surface area contributed by atoms with Gasteiger partial charge in [0, 0.05) is 11.1 Å². The number of Topliss-reactive ketones (excluding diaryl/α,β-unsaturated/α-hetero) is 2. The summed E-state index contributed by atoms with van der Waals surface area (Å²) >= 11 is 0. The molecule has 19 heavy (non-hydrogen) atoms. The second-order valence-electron chi connectivity index (χ2n) is 4.64. The van der Waals surface area contributed by atoms with E-state index in [1.807, 2.05) is 48.5 Å². The van der Waals surface area contributed by atoms with Gasteiger partial charge in [0.15, 0.2) is 11.6 Å². The van der Waals surface area contributed by atoms with Gasteiger partial charge in [0.25, 0.3) is 0 Å². The lowest BCUT2D eigenvalue weighted by Crippen LogP contribution is -2.00. The molecule has 0 saturated carbocycles. The quantitative estimate of drug-likeness (QED) is 0.778. The molecule has 2 rings (SSSR count). The minimum atomic E-state index is 0.0655. The number of hydrogen-bond acceptors (Lipinski definition) is 2. The maximum absolute atomic E-state index is 11.6. The number of ketones is 2. The summed E-state index contributed by atoms with van der Waals surface area (Å²) < 4.78 is 0. The minimum absolute atomic E-state index is 0.0655. The first-order chi connectivity index (χ1) is 9.08. The Morgan fingerprint density at radius 1 is 0.842 bits per heavy atom. The molecule has 2 nitrogen and oxygen atoms in total. The molecule has 0 saturated heterocycles. The Kier molecular flexibility index (Phi) is 3.91. The van der Waals surface area contributed by atoms with Crippen LogP contribution in [0.1, 0.15) is 45.7 Å². The normalized spacial score (nSPS) is 10.2. The van der Waals surface area contributed by atoms with Crippen molar-refractivity contribution in [2.75, 3.05) is 0 Å². The van der Waals surface area contributed by atoms with Crippen LogP contribution in [0.5, 0.6) is 0 Å². The molecule has 0 unspecified atom stereocenters. The standard InChI is InChI=1S/C17H16O2/c1-12(18)15-9-7-14(8-10-15)11-16-5-3-4-6-17(16)13(2)19/h3-10H,11H2,1-2H3. The molecule has 0 aliphatic rings. The molecule has 0 spiro atoms. The summed E-state index contributed by atoms with van der Waals surface area (Å²) in [5.41, 5.74) is 3.59. The summed E-state index contributed by atoms with van der Waals surface area (Å²) in [6.07, 6.45) is 0.702. The molecule has 0 bridgehead atoms. The van der Waals surface area contributed by atoms with Crippen molar-refractivity contribution in [1.29, 1.82) is 0 Å². The van der Waals surface area contributed by atoms with E-state index in [4.69, 9.17) is 0 Å². The van der Waals surface area contributed by atoms with Crippen molar-refractivity contribution in [3.05, 3.63) is 70.8 Å². The van der Waals surface area contributed by atoms with Crippen LogP contribution in [0.3, 0.4) is 0 Å². The number of benzene rings is 2. The van der Waals surface area contributed by atoms with E-state index in [0.29, 0.717) is 12.0 Å². The van der Waals surface area contributed by atoms with Gasteiger partial charge in [0.1, 0.15) is 0 Å². The lowest BCUT2D eigenvalue weighted by Gasteiger charge is -2.07. The Morgan fingerprint density at radius 3 is 2.05 bits per heavy atom. The van der Waals surface area contributed by atoms with E-state index in [1.54, 1.807) is 13.8 Å². The highest BCUT2D eigenvalue weighted by Crippen LogP contribution is 2.15. The van der Waals surface area contributed by atoms with Gasteiger partial charge in [0.2, 0.25) is 0 Å². The lowest BCUT2D eigenvalue weighted by atomic mass is 9.97. The lowest BCUT2D eigenvalue weighted by molar-refractivity contribution is 0.100. The zero-order valence-corrected chi connectivity index (χ0v) is 11.1. The van der Waals surface area contributed by atoms with Gasteiger partial charge < -0.3 is 0 Å². The molecule has 0 atom stereocenters. The van der Waals surface area contributed by atoms with Gasteiger partial charge >= 0.3 is 0 Å². The fourth-order valence-corrected chi connectivity index (χ4v) is 2.10. The van der Waals surface area contributed by atoms with Crippen molar-refractivity contribution in [2.24, 2.45) is 0 Å². The van der Waals surface area contributed by atoms with Crippen LogP contribution >= 0.6 is 0 Å². The van der Waals surface area contributed by atoms with Crippen LogP contribution in [0.25, 0.3) is 0 Å². The predicted octanol–water partition coefficient (Wildman–Crippen LogP) is 3.68. The van der Waals surface area contributed by atoms with Crippen molar-refractivity contribution in [2.45, 2.75) is 20.3 Å². The van der Waals surface area contributed by atoms with Gasteiger partial charge in [-0.3, -0.25) is 9.59 Å². The van der Waals surface area contributed by atoms with Crippen molar-refractivity contribution in [3.63, 3.8) is 0 Å². The van der Waals surface area contributed by atoms with Gasteiger partial charge in [0.05, 0.1) is 0 Å². The molecule has 96 valence electrons. The Labute approximate surface area is 113 Å². The Hall–Kier alpha value is -2.22. The predicted molar refractivity (Wildman–Crippen MR) is 75.7 cm³/mol. The number of hydrogen-bond donors (Lipinski definition) is 0. The third kappa shape index (κ3) is 3.16. The van der Waals surface area contributed by atoms with Gasteiger partial charge in [-0.1, -0.05) is 48.5 Å². The van der Waals surface area contributed by atoms with E-state index < -0.39 is 0 Å². The Balaban J connectivity index is 2.26. The van der Waals surface area contributed by atoms with Gasteiger partial charge in [-0.25, -0.2) is 0 Å². The summed E-state index contributed by atoms with van der Waals surface area (Å²) in [5, 5.41) is 0. The molecule has 0 N–H and O–H groups in total. The first-order valence-electron chi connectivity index (χ1n) is 6.26. The monoisotopic (exact) mass is 252 g/mol. The number of rotatable bonds is 4. The van der Waals surface area contributed by atoms with E-state index in [2.05, 4.69) is 0 Å². The number of carbonyl (C=O) groups is 2. The van der Waals surface area contributed by atoms with E-state index >= 15 is 0 Å². The highest BCUT2D eigenvalue weighted by Gasteiger charge is 2.07. The molecule has 2 aromatic rings. The summed E-state index contributed by atoms with van der Waals surface area (Å²) in [6.45, 7) is 3.14. The third-order valence-electron chi connectivity index (χ3n) is 3.15. The van der Waals surface area contributed by atoms with E-state index in [0.717, 1.165) is 16.7 Å². The summed E-state index contributed by atoms with van der Waals surface area (Å²) in [4.78, 5) is 22.8. The maximum atomic E-state index is 11.6. The zero-order valence-electron chi connectivity index (χ0n) is 11.1. The fourth-order valence-electron chi connectivity index (χ4n) is 2.10. The van der Waals surface area contributed by atoms with E-state index in [9.17, 15) is 9.59 Å². The van der Waals surface area contributed by atoms with E-state index in [-0.39, 0.29) is 11.6 Å². The molecule has 2 heteroatoms. The summed E-state index contributed by atoms with van der Waals surface area (Å²) in [6, 6.07) is 15.2. The van der Waals surface area contributed by atoms with Crippen molar-refractivity contribution >= 4 is 11.6 Å². The number of carbonyl (C=O) groups excluding carboxylic acids is 2.